The van der Waals surface area contributed by atoms with Crippen molar-refractivity contribution in [3.8, 4) is 5.75 Å². The van der Waals surface area contributed by atoms with Crippen LogP contribution in [-0.2, 0) is 0 Å². The van der Waals surface area contributed by atoms with Crippen LogP contribution in [0.2, 0.25) is 15.1 Å². The van der Waals surface area contributed by atoms with E-state index in [9.17, 15) is 0 Å². The van der Waals surface area contributed by atoms with Gasteiger partial charge in [-0.1, -0.05) is 41.7 Å². The Bertz CT molecular complexity index is 320. The molecule has 0 aliphatic carbocycles. The quantitative estimate of drug-likeness (QED) is 0.796. The third kappa shape index (κ3) is 3.95. The van der Waals surface area contributed by atoms with Crippen molar-refractivity contribution < 1.29 is 4.74 Å². The number of rotatable bonds is 4. The Morgan fingerprint density at radius 3 is 2.27 bits per heavy atom. The molecule has 15 heavy (non-hydrogen) atoms. The lowest BCUT2D eigenvalue weighted by atomic mass is 10.2. The van der Waals surface area contributed by atoms with E-state index in [4.69, 9.17) is 39.5 Å². The topological polar surface area (TPSA) is 9.23 Å². The third-order valence-corrected chi connectivity index (χ3v) is 3.19. The lowest BCUT2D eigenvalue weighted by Crippen LogP contribution is -2.10. The number of hydrogen-bond donors (Lipinski definition) is 1. The van der Waals surface area contributed by atoms with Crippen molar-refractivity contribution in [2.45, 2.75) is 6.92 Å². The van der Waals surface area contributed by atoms with Crippen molar-refractivity contribution in [2.75, 3.05) is 12.4 Å². The van der Waals surface area contributed by atoms with Gasteiger partial charge in [0.2, 0.25) is 0 Å². The minimum atomic E-state index is 0.344. The molecule has 0 spiro atoms. The third-order valence-electron chi connectivity index (χ3n) is 1.79. The first-order valence-corrected chi connectivity index (χ1v) is 6.19. The smallest absolute Gasteiger partial charge is 0.156 e. The summed E-state index contributed by atoms with van der Waals surface area (Å²) in [5.74, 6) is 1.58. The maximum absolute atomic E-state index is 5.95. The van der Waals surface area contributed by atoms with Crippen LogP contribution in [-0.4, -0.2) is 12.4 Å². The molecular formula is C10H11Cl3OS. The lowest BCUT2D eigenvalue weighted by molar-refractivity contribution is 0.274. The van der Waals surface area contributed by atoms with Crippen LogP contribution < -0.4 is 4.74 Å². The molecule has 1 unspecified atom stereocenters. The molecule has 1 rings (SSSR count). The van der Waals surface area contributed by atoms with Crippen molar-refractivity contribution >= 4 is 47.4 Å². The van der Waals surface area contributed by atoms with Gasteiger partial charge in [-0.3, -0.25) is 0 Å². The number of thiol groups is 1. The molecule has 0 heterocycles. The van der Waals surface area contributed by atoms with E-state index >= 15 is 0 Å². The van der Waals surface area contributed by atoms with Gasteiger partial charge in [-0.2, -0.15) is 12.6 Å². The van der Waals surface area contributed by atoms with Gasteiger partial charge in [0.05, 0.1) is 16.7 Å². The summed E-state index contributed by atoms with van der Waals surface area (Å²) >= 11 is 21.8. The monoisotopic (exact) mass is 284 g/mol. The summed E-state index contributed by atoms with van der Waals surface area (Å²) in [6.45, 7) is 2.56. The molecule has 0 N–H and O–H groups in total. The predicted octanol–water partition coefficient (Wildman–Crippen LogP) is 4.59. The maximum Gasteiger partial charge on any atom is 0.156 e. The Balaban J connectivity index is 2.77. The molecule has 0 saturated heterocycles. The number of benzene rings is 1. The highest BCUT2D eigenvalue weighted by Crippen LogP contribution is 2.35. The van der Waals surface area contributed by atoms with Gasteiger partial charge >= 0.3 is 0 Å². The van der Waals surface area contributed by atoms with Crippen molar-refractivity contribution in [3.05, 3.63) is 27.2 Å². The molecule has 0 saturated carbocycles. The van der Waals surface area contributed by atoms with Crippen LogP contribution in [0, 0.1) is 5.92 Å². The molecule has 0 aliphatic rings. The minimum absolute atomic E-state index is 0.344. The fraction of sp³-hybridized carbons (Fsp3) is 0.400. The van der Waals surface area contributed by atoms with E-state index in [-0.39, 0.29) is 0 Å². The van der Waals surface area contributed by atoms with Crippen molar-refractivity contribution in [1.82, 2.24) is 0 Å². The zero-order chi connectivity index (χ0) is 11.4. The van der Waals surface area contributed by atoms with Gasteiger partial charge < -0.3 is 4.74 Å². The molecule has 0 aliphatic heterocycles. The molecule has 1 aromatic carbocycles. The van der Waals surface area contributed by atoms with Gasteiger partial charge in [-0.15, -0.1) is 0 Å². The maximum atomic E-state index is 5.95. The number of hydrogen-bond acceptors (Lipinski definition) is 2. The predicted molar refractivity (Wildman–Crippen MR) is 70.0 cm³/mol. The van der Waals surface area contributed by atoms with Gasteiger partial charge in [0.1, 0.15) is 0 Å². The van der Waals surface area contributed by atoms with E-state index in [1.165, 1.54) is 0 Å². The second-order valence-corrected chi connectivity index (χ2v) is 4.91. The van der Waals surface area contributed by atoms with Crippen LogP contribution in [0.5, 0.6) is 5.75 Å². The van der Waals surface area contributed by atoms with Crippen LogP contribution in [0.3, 0.4) is 0 Å². The molecule has 1 nitrogen and oxygen atoms in total. The summed E-state index contributed by atoms with van der Waals surface area (Å²) in [5.41, 5.74) is 0. The molecule has 5 heteroatoms. The molecule has 0 bridgehead atoms. The van der Waals surface area contributed by atoms with Gasteiger partial charge in [0.15, 0.2) is 5.75 Å². The largest absolute Gasteiger partial charge is 0.490 e. The highest BCUT2D eigenvalue weighted by Gasteiger charge is 2.10. The molecule has 1 aromatic rings. The Morgan fingerprint density at radius 2 is 1.80 bits per heavy atom. The van der Waals surface area contributed by atoms with Gasteiger partial charge in [-0.05, 0) is 23.8 Å². The van der Waals surface area contributed by atoms with E-state index in [1.54, 1.807) is 12.1 Å². The highest BCUT2D eigenvalue weighted by molar-refractivity contribution is 7.80. The second kappa shape index (κ2) is 6.09. The first-order valence-electron chi connectivity index (χ1n) is 4.42. The summed E-state index contributed by atoms with van der Waals surface area (Å²) in [6, 6.07) is 3.21. The van der Waals surface area contributed by atoms with Crippen LogP contribution in [0.4, 0.5) is 0 Å². The van der Waals surface area contributed by atoms with Gasteiger partial charge in [0.25, 0.3) is 0 Å². The molecular weight excluding hydrogens is 275 g/mol. The van der Waals surface area contributed by atoms with E-state index in [2.05, 4.69) is 12.6 Å². The lowest BCUT2D eigenvalue weighted by Gasteiger charge is -2.13. The standard InChI is InChI=1S/C10H11Cl3OS/c1-6(5-15)4-14-10-8(12)2-7(11)3-9(10)13/h2-3,6,15H,4-5H2,1H3. The molecule has 0 amide bonds. The number of halogens is 3. The van der Waals surface area contributed by atoms with E-state index in [0.717, 1.165) is 5.75 Å². The Kier molecular flexibility index (Phi) is 5.41. The van der Waals surface area contributed by atoms with Crippen molar-refractivity contribution in [2.24, 2.45) is 5.92 Å². The molecule has 84 valence electrons. The summed E-state index contributed by atoms with van der Waals surface area (Å²) < 4.78 is 5.50. The van der Waals surface area contributed by atoms with E-state index < -0.39 is 0 Å². The second-order valence-electron chi connectivity index (χ2n) is 3.30. The number of ether oxygens (including phenoxy) is 1. The molecule has 1 atom stereocenters. The zero-order valence-electron chi connectivity index (χ0n) is 8.14. The van der Waals surface area contributed by atoms with Crippen LogP contribution >= 0.6 is 47.4 Å². The summed E-state index contributed by atoms with van der Waals surface area (Å²) in [4.78, 5) is 0. The van der Waals surface area contributed by atoms with E-state index in [1.807, 2.05) is 6.92 Å². The van der Waals surface area contributed by atoms with Crippen molar-refractivity contribution in [3.63, 3.8) is 0 Å². The zero-order valence-corrected chi connectivity index (χ0v) is 11.3. The normalized spacial score (nSPS) is 12.6. The average molecular weight is 286 g/mol. The van der Waals surface area contributed by atoms with Crippen molar-refractivity contribution in [1.29, 1.82) is 0 Å². The Hall–Kier alpha value is 0.240. The summed E-state index contributed by atoms with van der Waals surface area (Å²) in [5, 5.41) is 1.36. The fourth-order valence-corrected chi connectivity index (χ4v) is 1.98. The highest BCUT2D eigenvalue weighted by atomic mass is 35.5. The van der Waals surface area contributed by atoms with Crippen LogP contribution in [0.25, 0.3) is 0 Å². The summed E-state index contributed by atoms with van der Waals surface area (Å²) in [7, 11) is 0. The Morgan fingerprint density at radius 1 is 1.27 bits per heavy atom. The first kappa shape index (κ1) is 13.3. The summed E-state index contributed by atoms with van der Waals surface area (Å²) in [6.07, 6.45) is 0. The van der Waals surface area contributed by atoms with E-state index in [0.29, 0.717) is 33.3 Å². The molecule has 0 fully saturated rings. The molecule has 0 radical (unpaired) electrons. The molecule has 0 aromatic heterocycles. The minimum Gasteiger partial charge on any atom is -0.490 e. The van der Waals surface area contributed by atoms with Gasteiger partial charge in [0, 0.05) is 5.02 Å². The fourth-order valence-electron chi connectivity index (χ4n) is 0.945. The SMILES string of the molecule is CC(CS)COc1c(Cl)cc(Cl)cc1Cl. The average Bonchev–Trinajstić information content (AvgIpc) is 2.15. The van der Waals surface area contributed by atoms with Crippen LogP contribution in [0.15, 0.2) is 12.1 Å². The van der Waals surface area contributed by atoms with Crippen LogP contribution in [0.1, 0.15) is 6.92 Å². The Labute approximate surface area is 110 Å². The van der Waals surface area contributed by atoms with Gasteiger partial charge in [-0.25, -0.2) is 0 Å². The first-order chi connectivity index (χ1) is 7.04.